The van der Waals surface area contributed by atoms with Gasteiger partial charge in [0.25, 0.3) is 0 Å². The predicted molar refractivity (Wildman–Crippen MR) is 110 cm³/mol. The van der Waals surface area contributed by atoms with Crippen LogP contribution in [0.2, 0.25) is 0 Å². The van der Waals surface area contributed by atoms with Crippen LogP contribution in [-0.4, -0.2) is 55.1 Å². The number of benzene rings is 2. The second kappa shape index (κ2) is 8.44. The van der Waals surface area contributed by atoms with Gasteiger partial charge in [-0.1, -0.05) is 36.4 Å². The first-order chi connectivity index (χ1) is 13.3. The maximum absolute atomic E-state index is 12.5. The molecule has 2 aliphatic heterocycles. The zero-order valence-electron chi connectivity index (χ0n) is 15.8. The molecule has 0 saturated carbocycles. The molecule has 0 spiro atoms. The number of urea groups is 1. The van der Waals surface area contributed by atoms with Gasteiger partial charge in [-0.05, 0) is 36.6 Å². The Kier molecular flexibility index (Phi) is 5.58. The van der Waals surface area contributed by atoms with E-state index in [9.17, 15) is 4.79 Å². The van der Waals surface area contributed by atoms with Gasteiger partial charge in [-0.25, -0.2) is 4.79 Å². The summed E-state index contributed by atoms with van der Waals surface area (Å²) in [4.78, 5) is 19.3. The first-order valence-corrected chi connectivity index (χ1v) is 9.96. The van der Waals surface area contributed by atoms with E-state index in [4.69, 9.17) is 0 Å². The Morgan fingerprint density at radius 3 is 2.22 bits per heavy atom. The number of amides is 2. The number of para-hydroxylation sites is 2. The standard InChI is InChI=1S/C22H28N4O/c27-22(23-20-9-2-1-3-10-20)26-16-14-24(15-17-26)18-19-8-4-5-11-21(19)25-12-6-7-13-25/h1-5,8-11H,6-7,12-18H2,(H,23,27). The third kappa shape index (κ3) is 4.42. The summed E-state index contributed by atoms with van der Waals surface area (Å²) in [6.45, 7) is 6.66. The van der Waals surface area contributed by atoms with E-state index in [1.807, 2.05) is 35.2 Å². The van der Waals surface area contributed by atoms with E-state index in [-0.39, 0.29) is 6.03 Å². The van der Waals surface area contributed by atoms with Crippen molar-refractivity contribution in [2.45, 2.75) is 19.4 Å². The maximum Gasteiger partial charge on any atom is 0.321 e. The molecule has 2 heterocycles. The van der Waals surface area contributed by atoms with Crippen molar-refractivity contribution in [3.63, 3.8) is 0 Å². The zero-order chi connectivity index (χ0) is 18.5. The highest BCUT2D eigenvalue weighted by atomic mass is 16.2. The third-order valence-corrected chi connectivity index (χ3v) is 5.52. The molecule has 2 aromatic rings. The van der Waals surface area contributed by atoms with Crippen LogP contribution in [0.4, 0.5) is 16.2 Å². The molecule has 0 aromatic heterocycles. The summed E-state index contributed by atoms with van der Waals surface area (Å²) in [6.07, 6.45) is 2.59. The van der Waals surface area contributed by atoms with Crippen molar-refractivity contribution >= 4 is 17.4 Å². The van der Waals surface area contributed by atoms with Crippen molar-refractivity contribution in [3.8, 4) is 0 Å². The van der Waals surface area contributed by atoms with Gasteiger partial charge in [0, 0.05) is 57.2 Å². The molecule has 5 heteroatoms. The van der Waals surface area contributed by atoms with Gasteiger partial charge in [0.15, 0.2) is 0 Å². The van der Waals surface area contributed by atoms with Crippen LogP contribution in [0.15, 0.2) is 54.6 Å². The van der Waals surface area contributed by atoms with Crippen LogP contribution in [0.3, 0.4) is 0 Å². The highest BCUT2D eigenvalue weighted by Crippen LogP contribution is 2.26. The average molecular weight is 364 g/mol. The summed E-state index contributed by atoms with van der Waals surface area (Å²) in [6, 6.07) is 18.4. The first-order valence-electron chi connectivity index (χ1n) is 9.96. The molecule has 5 nitrogen and oxygen atoms in total. The summed E-state index contributed by atoms with van der Waals surface area (Å²) in [5.41, 5.74) is 3.64. The number of rotatable bonds is 4. The monoisotopic (exact) mass is 364 g/mol. The number of nitrogens with zero attached hydrogens (tertiary/aromatic N) is 3. The molecule has 2 amide bonds. The second-order valence-electron chi connectivity index (χ2n) is 7.38. The lowest BCUT2D eigenvalue weighted by atomic mass is 10.1. The number of nitrogens with one attached hydrogen (secondary N) is 1. The molecule has 2 saturated heterocycles. The van der Waals surface area contributed by atoms with E-state index in [0.29, 0.717) is 0 Å². The zero-order valence-corrected chi connectivity index (χ0v) is 15.8. The lowest BCUT2D eigenvalue weighted by molar-refractivity contribution is 0.143. The Bertz CT molecular complexity index is 750. The number of anilines is 2. The normalized spacial score (nSPS) is 17.9. The Morgan fingerprint density at radius 1 is 0.815 bits per heavy atom. The minimum absolute atomic E-state index is 0.00156. The van der Waals surface area contributed by atoms with Crippen molar-refractivity contribution in [1.29, 1.82) is 0 Å². The molecule has 2 aromatic carbocycles. The number of piperazine rings is 1. The molecular weight excluding hydrogens is 336 g/mol. The molecule has 2 fully saturated rings. The molecule has 0 unspecified atom stereocenters. The van der Waals surface area contributed by atoms with E-state index >= 15 is 0 Å². The fraction of sp³-hybridized carbons (Fsp3) is 0.409. The molecule has 0 bridgehead atoms. The summed E-state index contributed by atoms with van der Waals surface area (Å²) >= 11 is 0. The van der Waals surface area contributed by atoms with Crippen LogP contribution >= 0.6 is 0 Å². The van der Waals surface area contributed by atoms with Crippen molar-refractivity contribution in [3.05, 3.63) is 60.2 Å². The summed E-state index contributed by atoms with van der Waals surface area (Å²) in [5, 5.41) is 2.98. The Balaban J connectivity index is 1.32. The maximum atomic E-state index is 12.5. The van der Waals surface area contributed by atoms with Crippen LogP contribution in [0.5, 0.6) is 0 Å². The molecule has 4 rings (SSSR count). The molecule has 2 aliphatic rings. The number of carbonyl (C=O) groups is 1. The van der Waals surface area contributed by atoms with Crippen LogP contribution in [0, 0.1) is 0 Å². The fourth-order valence-electron chi connectivity index (χ4n) is 3.99. The SMILES string of the molecule is O=C(Nc1ccccc1)N1CCN(Cc2ccccc2N2CCCC2)CC1. The minimum atomic E-state index is -0.00156. The molecular formula is C22H28N4O. The van der Waals surface area contributed by atoms with Gasteiger partial charge < -0.3 is 15.1 Å². The second-order valence-corrected chi connectivity index (χ2v) is 7.38. The predicted octanol–water partition coefficient (Wildman–Crippen LogP) is 3.64. The minimum Gasteiger partial charge on any atom is -0.371 e. The van der Waals surface area contributed by atoms with E-state index in [1.165, 1.54) is 37.2 Å². The fourth-order valence-corrected chi connectivity index (χ4v) is 3.99. The van der Waals surface area contributed by atoms with E-state index < -0.39 is 0 Å². The third-order valence-electron chi connectivity index (χ3n) is 5.52. The van der Waals surface area contributed by atoms with Crippen molar-refractivity contribution in [2.75, 3.05) is 49.5 Å². The average Bonchev–Trinajstić information content (AvgIpc) is 3.24. The van der Waals surface area contributed by atoms with Gasteiger partial charge in [-0.2, -0.15) is 0 Å². The van der Waals surface area contributed by atoms with Gasteiger partial charge in [-0.3, -0.25) is 4.90 Å². The Morgan fingerprint density at radius 2 is 1.48 bits per heavy atom. The van der Waals surface area contributed by atoms with Crippen molar-refractivity contribution in [2.24, 2.45) is 0 Å². The first kappa shape index (κ1) is 17.9. The molecule has 142 valence electrons. The van der Waals surface area contributed by atoms with Crippen molar-refractivity contribution < 1.29 is 4.79 Å². The largest absolute Gasteiger partial charge is 0.371 e. The Labute approximate surface area is 161 Å². The van der Waals surface area contributed by atoms with E-state index in [2.05, 4.69) is 39.4 Å². The van der Waals surface area contributed by atoms with Gasteiger partial charge in [0.2, 0.25) is 0 Å². The summed E-state index contributed by atoms with van der Waals surface area (Å²) in [7, 11) is 0. The molecule has 0 atom stereocenters. The number of hydrogen-bond donors (Lipinski definition) is 1. The van der Waals surface area contributed by atoms with E-state index in [1.54, 1.807) is 0 Å². The quantitative estimate of drug-likeness (QED) is 0.900. The highest BCUT2D eigenvalue weighted by Gasteiger charge is 2.23. The molecule has 0 radical (unpaired) electrons. The van der Waals surface area contributed by atoms with Crippen LogP contribution in [-0.2, 0) is 6.54 Å². The van der Waals surface area contributed by atoms with E-state index in [0.717, 1.165) is 38.4 Å². The molecule has 27 heavy (non-hydrogen) atoms. The van der Waals surface area contributed by atoms with Crippen LogP contribution in [0.1, 0.15) is 18.4 Å². The number of carbonyl (C=O) groups excluding carboxylic acids is 1. The molecule has 0 aliphatic carbocycles. The van der Waals surface area contributed by atoms with Gasteiger partial charge in [0.05, 0.1) is 0 Å². The number of hydrogen-bond acceptors (Lipinski definition) is 3. The van der Waals surface area contributed by atoms with Crippen LogP contribution < -0.4 is 10.2 Å². The summed E-state index contributed by atoms with van der Waals surface area (Å²) < 4.78 is 0. The van der Waals surface area contributed by atoms with Gasteiger partial charge in [0.1, 0.15) is 0 Å². The lowest BCUT2D eigenvalue weighted by Gasteiger charge is -2.35. The molecule has 1 N–H and O–H groups in total. The smallest absolute Gasteiger partial charge is 0.321 e. The van der Waals surface area contributed by atoms with Crippen molar-refractivity contribution in [1.82, 2.24) is 9.80 Å². The summed E-state index contributed by atoms with van der Waals surface area (Å²) in [5.74, 6) is 0. The Hall–Kier alpha value is -2.53. The van der Waals surface area contributed by atoms with Gasteiger partial charge >= 0.3 is 6.03 Å². The van der Waals surface area contributed by atoms with Gasteiger partial charge in [-0.15, -0.1) is 0 Å². The lowest BCUT2D eigenvalue weighted by Crippen LogP contribution is -2.49. The highest BCUT2D eigenvalue weighted by molar-refractivity contribution is 5.89. The topological polar surface area (TPSA) is 38.8 Å². The van der Waals surface area contributed by atoms with Crippen LogP contribution in [0.25, 0.3) is 0 Å².